The summed E-state index contributed by atoms with van der Waals surface area (Å²) in [4.78, 5) is 18.0. The molecule has 1 saturated heterocycles. The minimum Gasteiger partial charge on any atom is -0.349 e. The van der Waals surface area contributed by atoms with Crippen LogP contribution in [-0.4, -0.2) is 59.6 Å². The minimum absolute atomic E-state index is 0.0597. The molecule has 3 atom stereocenters. The van der Waals surface area contributed by atoms with Crippen LogP contribution in [0.5, 0.6) is 0 Å². The predicted octanol–water partition coefficient (Wildman–Crippen LogP) is 5.96. The molecular weight excluding hydrogens is 560 g/mol. The highest BCUT2D eigenvalue weighted by molar-refractivity contribution is 6.29. The van der Waals surface area contributed by atoms with Gasteiger partial charge in [0.15, 0.2) is 5.82 Å². The van der Waals surface area contributed by atoms with E-state index in [4.69, 9.17) is 16.6 Å². The Bertz CT molecular complexity index is 1690. The molecular formula is C28H25ClF4N8. The topological polar surface area (TPSA) is 75.3 Å². The van der Waals surface area contributed by atoms with Crippen LogP contribution in [-0.2, 0) is 6.18 Å². The summed E-state index contributed by atoms with van der Waals surface area (Å²) in [6.07, 6.45) is -1.35. The summed E-state index contributed by atoms with van der Waals surface area (Å²) in [7, 11) is 0. The normalized spacial score (nSPS) is 19.2. The number of pyridine rings is 2. The number of anilines is 1. The predicted molar refractivity (Wildman–Crippen MR) is 146 cm³/mol. The van der Waals surface area contributed by atoms with Crippen LogP contribution >= 0.6 is 11.6 Å². The zero-order valence-electron chi connectivity index (χ0n) is 22.1. The quantitative estimate of drug-likeness (QED) is 0.186. The largest absolute Gasteiger partial charge is 0.417 e. The second-order valence-corrected chi connectivity index (χ2v) is 10.5. The van der Waals surface area contributed by atoms with Crippen LogP contribution in [0.4, 0.5) is 23.4 Å². The van der Waals surface area contributed by atoms with Crippen molar-refractivity contribution in [2.45, 2.75) is 44.6 Å². The van der Waals surface area contributed by atoms with Crippen LogP contribution in [0.1, 0.15) is 43.1 Å². The molecule has 1 aliphatic heterocycles. The number of hydrogen-bond acceptors (Lipinski definition) is 7. The van der Waals surface area contributed by atoms with Crippen molar-refractivity contribution >= 4 is 34.2 Å². The van der Waals surface area contributed by atoms with Gasteiger partial charge >= 0.3 is 6.18 Å². The molecule has 1 unspecified atom stereocenters. The van der Waals surface area contributed by atoms with Crippen LogP contribution in [0.3, 0.4) is 0 Å². The van der Waals surface area contributed by atoms with E-state index in [2.05, 4.69) is 36.9 Å². The maximum Gasteiger partial charge on any atom is 0.417 e. The van der Waals surface area contributed by atoms with E-state index in [0.29, 0.717) is 41.0 Å². The lowest BCUT2D eigenvalue weighted by Crippen LogP contribution is -2.58. The lowest BCUT2D eigenvalue weighted by Gasteiger charge is -2.48. The van der Waals surface area contributed by atoms with Gasteiger partial charge in [0, 0.05) is 31.4 Å². The zero-order chi connectivity index (χ0) is 28.9. The third-order valence-corrected chi connectivity index (χ3v) is 7.80. The first kappa shape index (κ1) is 27.3. The number of hydrogen-bond donors (Lipinski definition) is 0. The van der Waals surface area contributed by atoms with Gasteiger partial charge in [0.1, 0.15) is 22.8 Å². The lowest BCUT2D eigenvalue weighted by atomic mass is 9.95. The number of rotatable bonds is 5. The molecule has 0 saturated carbocycles. The van der Waals surface area contributed by atoms with E-state index in [1.807, 2.05) is 13.0 Å². The van der Waals surface area contributed by atoms with Gasteiger partial charge in [-0.15, -0.1) is 10.2 Å². The van der Waals surface area contributed by atoms with Crippen molar-refractivity contribution in [3.63, 3.8) is 0 Å². The number of nitrogens with zero attached hydrogens (tertiary/aromatic N) is 8. The highest BCUT2D eigenvalue weighted by atomic mass is 35.5. The molecule has 0 bridgehead atoms. The fourth-order valence-corrected chi connectivity index (χ4v) is 5.71. The Morgan fingerprint density at radius 3 is 2.49 bits per heavy atom. The monoisotopic (exact) mass is 584 g/mol. The Morgan fingerprint density at radius 2 is 1.80 bits per heavy atom. The van der Waals surface area contributed by atoms with E-state index in [9.17, 15) is 17.6 Å². The molecule has 1 fully saturated rings. The van der Waals surface area contributed by atoms with Gasteiger partial charge in [0.2, 0.25) is 0 Å². The summed E-state index contributed by atoms with van der Waals surface area (Å²) in [5.74, 6) is 0.656. The molecule has 1 aromatic carbocycles. The molecule has 5 heterocycles. The Labute approximate surface area is 237 Å². The van der Waals surface area contributed by atoms with E-state index < -0.39 is 23.6 Å². The number of piperazine rings is 1. The van der Waals surface area contributed by atoms with Crippen molar-refractivity contribution in [3.8, 4) is 0 Å². The molecule has 6 rings (SSSR count). The number of alkyl halides is 3. The van der Waals surface area contributed by atoms with E-state index in [-0.39, 0.29) is 12.1 Å². The highest BCUT2D eigenvalue weighted by Crippen LogP contribution is 2.37. The third-order valence-electron chi connectivity index (χ3n) is 7.59. The van der Waals surface area contributed by atoms with Crippen LogP contribution in [0.15, 0.2) is 61.1 Å². The van der Waals surface area contributed by atoms with E-state index in [0.717, 1.165) is 29.8 Å². The maximum absolute atomic E-state index is 13.9. The summed E-state index contributed by atoms with van der Waals surface area (Å²) in [5, 5.41) is 8.48. The molecule has 1 aliphatic rings. The lowest BCUT2D eigenvalue weighted by molar-refractivity contribution is -0.137. The SMILES string of the molecule is CC[C@@H]1CN(c2nc3nncn3c3ccc(Cl)nc23)[C@@H](C)CN1C(c1ccc(F)cc1)c1ccc(C(F)(F)F)cn1. The summed E-state index contributed by atoms with van der Waals surface area (Å²) >= 11 is 6.29. The van der Waals surface area contributed by atoms with Gasteiger partial charge < -0.3 is 4.90 Å². The fourth-order valence-electron chi connectivity index (χ4n) is 5.56. The molecule has 5 aromatic rings. The zero-order valence-corrected chi connectivity index (χ0v) is 22.9. The molecule has 0 aliphatic carbocycles. The molecule has 13 heteroatoms. The second kappa shape index (κ2) is 10.5. The van der Waals surface area contributed by atoms with Crippen LogP contribution in [0.2, 0.25) is 5.15 Å². The molecule has 0 amide bonds. The summed E-state index contributed by atoms with van der Waals surface area (Å²) in [6.45, 7) is 5.16. The summed E-state index contributed by atoms with van der Waals surface area (Å²) < 4.78 is 55.5. The third kappa shape index (κ3) is 5.06. The first-order chi connectivity index (χ1) is 19.6. The standard InChI is InChI=1S/C28H25ClF4N8/c1-3-20-14-39(26-24-22(10-11-23(29)36-24)41-15-35-38-27(41)37-26)16(2)13-40(20)25(17-4-7-19(30)8-5-17)21-9-6-18(12-34-21)28(31,32)33/h4-12,15-16,20,25H,3,13-14H2,1-2H3/t16-,20+,25?/m0/s1. The average molecular weight is 585 g/mol. The van der Waals surface area contributed by atoms with E-state index >= 15 is 0 Å². The van der Waals surface area contributed by atoms with Gasteiger partial charge in [-0.3, -0.25) is 14.3 Å². The Hall–Kier alpha value is -3.90. The second-order valence-electron chi connectivity index (χ2n) is 10.1. The van der Waals surface area contributed by atoms with Crippen molar-refractivity contribution in [3.05, 3.63) is 88.8 Å². The van der Waals surface area contributed by atoms with Crippen molar-refractivity contribution in [2.24, 2.45) is 0 Å². The smallest absolute Gasteiger partial charge is 0.349 e. The molecule has 8 nitrogen and oxygen atoms in total. The Morgan fingerprint density at radius 1 is 1.02 bits per heavy atom. The number of fused-ring (bicyclic) bond motifs is 3. The Kier molecular flexibility index (Phi) is 6.98. The maximum atomic E-state index is 13.9. The summed E-state index contributed by atoms with van der Waals surface area (Å²) in [5.41, 5.74) is 1.74. The first-order valence-corrected chi connectivity index (χ1v) is 13.5. The van der Waals surface area contributed by atoms with E-state index in [1.54, 1.807) is 28.9 Å². The van der Waals surface area contributed by atoms with Crippen molar-refractivity contribution in [2.75, 3.05) is 18.0 Å². The van der Waals surface area contributed by atoms with Gasteiger partial charge in [0.05, 0.1) is 22.8 Å². The van der Waals surface area contributed by atoms with Gasteiger partial charge in [-0.25, -0.2) is 9.37 Å². The van der Waals surface area contributed by atoms with Crippen molar-refractivity contribution < 1.29 is 17.6 Å². The van der Waals surface area contributed by atoms with Crippen LogP contribution < -0.4 is 4.90 Å². The molecule has 41 heavy (non-hydrogen) atoms. The molecule has 0 spiro atoms. The van der Waals surface area contributed by atoms with Crippen LogP contribution in [0, 0.1) is 5.82 Å². The molecule has 4 aromatic heterocycles. The van der Waals surface area contributed by atoms with Gasteiger partial charge in [0.25, 0.3) is 5.78 Å². The van der Waals surface area contributed by atoms with Crippen LogP contribution in [0.25, 0.3) is 16.8 Å². The molecule has 212 valence electrons. The minimum atomic E-state index is -4.50. The molecule has 0 radical (unpaired) electrons. The van der Waals surface area contributed by atoms with E-state index in [1.165, 1.54) is 18.2 Å². The first-order valence-electron chi connectivity index (χ1n) is 13.1. The van der Waals surface area contributed by atoms with Crippen molar-refractivity contribution in [1.29, 1.82) is 0 Å². The van der Waals surface area contributed by atoms with Crippen molar-refractivity contribution in [1.82, 2.24) is 34.4 Å². The fraction of sp³-hybridized carbons (Fsp3) is 0.321. The highest BCUT2D eigenvalue weighted by Gasteiger charge is 2.39. The number of halogens is 5. The van der Waals surface area contributed by atoms with Gasteiger partial charge in [-0.1, -0.05) is 30.7 Å². The van der Waals surface area contributed by atoms with Gasteiger partial charge in [-0.2, -0.15) is 18.2 Å². The number of benzene rings is 1. The number of aromatic nitrogens is 6. The average Bonchev–Trinajstić information content (AvgIpc) is 3.43. The summed E-state index contributed by atoms with van der Waals surface area (Å²) in [6, 6.07) is 11.4. The Balaban J connectivity index is 1.41. The molecule has 0 N–H and O–H groups in total. The van der Waals surface area contributed by atoms with Gasteiger partial charge in [-0.05, 0) is 55.3 Å².